The van der Waals surface area contributed by atoms with Crippen molar-refractivity contribution in [3.63, 3.8) is 0 Å². The van der Waals surface area contributed by atoms with Crippen LogP contribution in [0, 0.1) is 5.92 Å². The Bertz CT molecular complexity index is 691. The van der Waals surface area contributed by atoms with Crippen LogP contribution in [-0.4, -0.2) is 30.3 Å². The number of H-pyrrole nitrogens is 1. The molecule has 0 saturated carbocycles. The van der Waals surface area contributed by atoms with E-state index in [-0.39, 0.29) is 24.0 Å². The quantitative estimate of drug-likeness (QED) is 0.816. The molecule has 1 aromatic rings. The first-order valence-corrected chi connectivity index (χ1v) is 9.48. The summed E-state index contributed by atoms with van der Waals surface area (Å²) in [5.74, 6) is -0.295. The van der Waals surface area contributed by atoms with Crippen LogP contribution in [-0.2, 0) is 34.0 Å². The summed E-state index contributed by atoms with van der Waals surface area (Å²) in [5.41, 5.74) is 3.37. The van der Waals surface area contributed by atoms with Crippen molar-refractivity contribution in [2.75, 3.05) is 5.75 Å². The van der Waals surface area contributed by atoms with Crippen LogP contribution in [0.4, 0.5) is 0 Å². The number of fused-ring (bicyclic) bond motifs is 1. The molecule has 120 valence electrons. The molecule has 1 aliphatic carbocycles. The number of hydrogen-bond acceptors (Lipinski definition) is 4. The van der Waals surface area contributed by atoms with Crippen LogP contribution in [0.15, 0.2) is 11.5 Å². The number of amides is 1. The number of rotatable bonds is 4. The summed E-state index contributed by atoms with van der Waals surface area (Å²) in [6.07, 6.45) is 7.44. The first-order valence-electron chi connectivity index (χ1n) is 7.76. The fourth-order valence-electron chi connectivity index (χ4n) is 3.13. The van der Waals surface area contributed by atoms with Crippen LogP contribution in [0.5, 0.6) is 0 Å². The predicted molar refractivity (Wildman–Crippen MR) is 82.7 cm³/mol. The third kappa shape index (κ3) is 3.58. The Labute approximate surface area is 130 Å². The molecule has 7 heteroatoms. The van der Waals surface area contributed by atoms with Crippen molar-refractivity contribution in [2.24, 2.45) is 5.92 Å². The molecule has 6 nitrogen and oxygen atoms in total. The van der Waals surface area contributed by atoms with E-state index in [1.807, 2.05) is 0 Å². The van der Waals surface area contributed by atoms with Gasteiger partial charge in [0.15, 0.2) is 9.84 Å². The lowest BCUT2D eigenvalue weighted by molar-refractivity contribution is -0.121. The van der Waals surface area contributed by atoms with Gasteiger partial charge in [-0.3, -0.25) is 9.89 Å². The molecule has 1 aliphatic heterocycles. The number of aromatic amines is 1. The van der Waals surface area contributed by atoms with Gasteiger partial charge in [0.2, 0.25) is 5.91 Å². The lowest BCUT2D eigenvalue weighted by Crippen LogP contribution is -2.26. The molecule has 3 rings (SSSR count). The number of aromatic nitrogens is 2. The molecule has 2 aliphatic rings. The number of aryl methyl sites for hydroxylation is 1. The highest BCUT2D eigenvalue weighted by molar-refractivity contribution is 7.94. The van der Waals surface area contributed by atoms with E-state index < -0.39 is 9.84 Å². The van der Waals surface area contributed by atoms with Gasteiger partial charge in [0.25, 0.3) is 0 Å². The van der Waals surface area contributed by atoms with E-state index in [0.717, 1.165) is 25.0 Å². The molecule has 0 aromatic carbocycles. The number of sulfone groups is 1. The maximum atomic E-state index is 12.0. The summed E-state index contributed by atoms with van der Waals surface area (Å²) >= 11 is 0. The van der Waals surface area contributed by atoms with Crippen LogP contribution >= 0.6 is 0 Å². The molecule has 0 spiro atoms. The Morgan fingerprint density at radius 1 is 1.32 bits per heavy atom. The highest BCUT2D eigenvalue weighted by Gasteiger charge is 2.24. The van der Waals surface area contributed by atoms with E-state index in [0.29, 0.717) is 6.54 Å². The molecule has 0 radical (unpaired) electrons. The Morgan fingerprint density at radius 3 is 2.91 bits per heavy atom. The predicted octanol–water partition coefficient (Wildman–Crippen LogP) is 1.24. The maximum Gasteiger partial charge on any atom is 0.220 e. The molecule has 0 unspecified atom stereocenters. The standard InChI is InChI=1S/C15H21N3O3S/c19-15(8-11-6-7-22(20,21)10-11)16-9-14-12-4-2-1-3-5-13(12)17-18-14/h6-7,11H,1-5,8-10H2,(H,16,19)(H,17,18)/t11-/m0/s1. The lowest BCUT2D eigenvalue weighted by atomic mass is 10.1. The molecule has 2 N–H and O–H groups in total. The van der Waals surface area contributed by atoms with Gasteiger partial charge in [-0.15, -0.1) is 0 Å². The van der Waals surface area contributed by atoms with Gasteiger partial charge in [-0.25, -0.2) is 8.42 Å². The fraction of sp³-hybridized carbons (Fsp3) is 0.600. The summed E-state index contributed by atoms with van der Waals surface area (Å²) in [6.45, 7) is 0.411. The normalized spacial score (nSPS) is 23.0. The van der Waals surface area contributed by atoms with Gasteiger partial charge in [-0.05, 0) is 31.2 Å². The summed E-state index contributed by atoms with van der Waals surface area (Å²) < 4.78 is 22.7. The van der Waals surface area contributed by atoms with Crippen molar-refractivity contribution in [1.29, 1.82) is 0 Å². The number of carbonyl (C=O) groups excluding carboxylic acids is 1. The minimum Gasteiger partial charge on any atom is -0.350 e. The minimum absolute atomic E-state index is 0.0399. The molecule has 0 saturated heterocycles. The molecule has 0 fully saturated rings. The van der Waals surface area contributed by atoms with Gasteiger partial charge in [0, 0.05) is 23.4 Å². The Balaban J connectivity index is 1.54. The van der Waals surface area contributed by atoms with Crippen molar-refractivity contribution in [3.8, 4) is 0 Å². The van der Waals surface area contributed by atoms with Crippen molar-refractivity contribution in [2.45, 2.75) is 45.1 Å². The van der Waals surface area contributed by atoms with Crippen molar-refractivity contribution < 1.29 is 13.2 Å². The molecule has 0 bridgehead atoms. The average Bonchev–Trinajstić information content (AvgIpc) is 2.91. The number of nitrogens with one attached hydrogen (secondary N) is 2. The van der Waals surface area contributed by atoms with Gasteiger partial charge < -0.3 is 5.32 Å². The van der Waals surface area contributed by atoms with Crippen molar-refractivity contribution in [3.05, 3.63) is 28.4 Å². The molecule has 22 heavy (non-hydrogen) atoms. The van der Waals surface area contributed by atoms with Crippen LogP contribution in [0.1, 0.15) is 42.6 Å². The SMILES string of the molecule is O=C(C[C@@H]1C=CS(=O)(=O)C1)NCc1n[nH]c2c1CCCCC2. The zero-order valence-electron chi connectivity index (χ0n) is 12.5. The zero-order chi connectivity index (χ0) is 15.6. The second kappa shape index (κ2) is 6.24. The number of nitrogens with zero attached hydrogens (tertiary/aromatic N) is 1. The second-order valence-electron chi connectivity index (χ2n) is 6.09. The first-order chi connectivity index (χ1) is 10.5. The van der Waals surface area contributed by atoms with Gasteiger partial charge in [-0.2, -0.15) is 5.10 Å². The third-order valence-corrected chi connectivity index (χ3v) is 5.76. The molecule has 2 heterocycles. The van der Waals surface area contributed by atoms with Crippen LogP contribution in [0.25, 0.3) is 0 Å². The topological polar surface area (TPSA) is 91.9 Å². The van der Waals surface area contributed by atoms with E-state index in [4.69, 9.17) is 0 Å². The first kappa shape index (κ1) is 15.3. The van der Waals surface area contributed by atoms with E-state index in [1.165, 1.54) is 29.5 Å². The average molecular weight is 323 g/mol. The van der Waals surface area contributed by atoms with Gasteiger partial charge >= 0.3 is 0 Å². The second-order valence-corrected chi connectivity index (χ2v) is 8.02. The van der Waals surface area contributed by atoms with Gasteiger partial charge in [-0.1, -0.05) is 12.5 Å². The number of allylic oxidation sites excluding steroid dienone is 1. The van der Waals surface area contributed by atoms with E-state index in [9.17, 15) is 13.2 Å². The molecular weight excluding hydrogens is 302 g/mol. The highest BCUT2D eigenvalue weighted by atomic mass is 32.2. The monoisotopic (exact) mass is 323 g/mol. The minimum atomic E-state index is -3.09. The zero-order valence-corrected chi connectivity index (χ0v) is 13.3. The summed E-state index contributed by atoms with van der Waals surface area (Å²) in [4.78, 5) is 12.0. The Hall–Kier alpha value is -1.63. The Morgan fingerprint density at radius 2 is 2.14 bits per heavy atom. The van der Waals surface area contributed by atoms with E-state index in [1.54, 1.807) is 6.08 Å². The van der Waals surface area contributed by atoms with Crippen LogP contribution < -0.4 is 5.32 Å². The summed E-state index contributed by atoms with van der Waals surface area (Å²) in [5, 5.41) is 11.5. The number of hydrogen-bond donors (Lipinski definition) is 2. The van der Waals surface area contributed by atoms with E-state index >= 15 is 0 Å². The maximum absolute atomic E-state index is 12.0. The third-order valence-electron chi connectivity index (χ3n) is 4.30. The molecule has 1 atom stereocenters. The highest BCUT2D eigenvalue weighted by Crippen LogP contribution is 2.22. The smallest absolute Gasteiger partial charge is 0.220 e. The van der Waals surface area contributed by atoms with Gasteiger partial charge in [0.05, 0.1) is 18.0 Å². The summed E-state index contributed by atoms with van der Waals surface area (Å²) in [6, 6.07) is 0. The fourth-order valence-corrected chi connectivity index (χ4v) is 4.53. The molecule has 1 aromatic heterocycles. The lowest BCUT2D eigenvalue weighted by Gasteiger charge is -2.08. The Kier molecular flexibility index (Phi) is 4.33. The molecular formula is C15H21N3O3S. The largest absolute Gasteiger partial charge is 0.350 e. The summed E-state index contributed by atoms with van der Waals surface area (Å²) in [7, 11) is -3.09. The van der Waals surface area contributed by atoms with Crippen molar-refractivity contribution in [1.82, 2.24) is 15.5 Å². The van der Waals surface area contributed by atoms with Crippen LogP contribution in [0.2, 0.25) is 0 Å². The number of carbonyl (C=O) groups is 1. The molecule has 1 amide bonds. The van der Waals surface area contributed by atoms with Gasteiger partial charge in [0.1, 0.15) is 0 Å². The van der Waals surface area contributed by atoms with Crippen LogP contribution in [0.3, 0.4) is 0 Å². The van der Waals surface area contributed by atoms with Crippen molar-refractivity contribution >= 4 is 15.7 Å². The van der Waals surface area contributed by atoms with E-state index in [2.05, 4.69) is 15.5 Å².